The van der Waals surface area contributed by atoms with Gasteiger partial charge in [0.1, 0.15) is 0 Å². The van der Waals surface area contributed by atoms with Crippen LogP contribution in [0.3, 0.4) is 0 Å². The quantitative estimate of drug-likeness (QED) is 0.869. The van der Waals surface area contributed by atoms with E-state index in [0.717, 1.165) is 12.8 Å². The summed E-state index contributed by atoms with van der Waals surface area (Å²) in [5.74, 6) is 0.445. The molecule has 2 bridgehead atoms. The summed E-state index contributed by atoms with van der Waals surface area (Å²) in [6.45, 7) is 0. The van der Waals surface area contributed by atoms with E-state index >= 15 is 0 Å². The van der Waals surface area contributed by atoms with Crippen molar-refractivity contribution in [1.82, 2.24) is 29.8 Å². The summed E-state index contributed by atoms with van der Waals surface area (Å²) in [7, 11) is 2.19. The number of nitrogens with zero attached hydrogens (tertiary/aromatic N) is 5. The van der Waals surface area contributed by atoms with Crippen molar-refractivity contribution in [1.29, 1.82) is 0 Å². The first-order chi connectivity index (χ1) is 10.2. The zero-order chi connectivity index (χ0) is 14.4. The number of carbonyl (C=O) groups is 1. The van der Waals surface area contributed by atoms with E-state index in [4.69, 9.17) is 0 Å². The van der Waals surface area contributed by atoms with E-state index in [1.165, 1.54) is 17.4 Å². The van der Waals surface area contributed by atoms with Crippen molar-refractivity contribution < 1.29 is 4.79 Å². The summed E-state index contributed by atoms with van der Waals surface area (Å²) in [6.07, 6.45) is 7.89. The first-order valence-corrected chi connectivity index (χ1v) is 7.41. The van der Waals surface area contributed by atoms with E-state index < -0.39 is 0 Å². The molecule has 4 heterocycles. The second-order valence-electron chi connectivity index (χ2n) is 5.99. The summed E-state index contributed by atoms with van der Waals surface area (Å²) >= 11 is 0. The molecule has 0 aliphatic carbocycles. The maximum absolute atomic E-state index is 12.3. The predicted octanol–water partition coefficient (Wildman–Crippen LogP) is 0.479. The van der Waals surface area contributed by atoms with Crippen molar-refractivity contribution in [3.8, 4) is 0 Å². The van der Waals surface area contributed by atoms with Crippen LogP contribution >= 0.6 is 0 Å². The number of piperidine rings is 1. The molecule has 7 nitrogen and oxygen atoms in total. The van der Waals surface area contributed by atoms with Gasteiger partial charge in [-0.2, -0.15) is 4.98 Å². The van der Waals surface area contributed by atoms with E-state index in [1.54, 1.807) is 18.5 Å². The molecule has 2 saturated heterocycles. The Bertz CT molecular complexity index is 636. The highest BCUT2D eigenvalue weighted by Gasteiger charge is 2.39. The first-order valence-electron chi connectivity index (χ1n) is 7.41. The Kier molecular flexibility index (Phi) is 2.88. The van der Waals surface area contributed by atoms with Crippen LogP contribution in [-0.4, -0.2) is 55.6 Å². The molecule has 21 heavy (non-hydrogen) atoms. The second kappa shape index (κ2) is 4.77. The number of amides is 1. The fourth-order valence-corrected chi connectivity index (χ4v) is 3.61. The van der Waals surface area contributed by atoms with E-state index in [-0.39, 0.29) is 17.8 Å². The minimum Gasteiger partial charge on any atom is -0.346 e. The van der Waals surface area contributed by atoms with Crippen LogP contribution in [0.2, 0.25) is 0 Å². The maximum atomic E-state index is 12.3. The number of rotatable bonds is 2. The lowest BCUT2D eigenvalue weighted by molar-refractivity contribution is 0.0872. The Balaban J connectivity index is 1.48. The molecular formula is C14H18N6O. The molecule has 2 fully saturated rings. The third kappa shape index (κ3) is 2.17. The molecule has 4 rings (SSSR count). The van der Waals surface area contributed by atoms with Gasteiger partial charge in [-0.15, -0.1) is 5.10 Å². The van der Waals surface area contributed by atoms with Gasteiger partial charge in [0.15, 0.2) is 0 Å². The molecule has 2 aliphatic heterocycles. The highest BCUT2D eigenvalue weighted by molar-refractivity contribution is 5.91. The van der Waals surface area contributed by atoms with Gasteiger partial charge >= 0.3 is 0 Å². The van der Waals surface area contributed by atoms with Crippen LogP contribution in [0.25, 0.3) is 5.78 Å². The van der Waals surface area contributed by atoms with Crippen molar-refractivity contribution in [2.45, 2.75) is 43.8 Å². The third-order valence-electron chi connectivity index (χ3n) is 4.75. The standard InChI is InChI=1S/C14H18N6O/c1-19-10-3-4-11(19)8-9(7-10)16-13(21)12-17-14-15-5-2-6-20(14)18-12/h2,5-6,9-11H,3-4,7-8H2,1H3,(H,16,21). The van der Waals surface area contributed by atoms with Gasteiger partial charge in [0.2, 0.25) is 5.82 Å². The fourth-order valence-electron chi connectivity index (χ4n) is 3.61. The van der Waals surface area contributed by atoms with Crippen molar-refractivity contribution in [2.24, 2.45) is 0 Å². The van der Waals surface area contributed by atoms with Gasteiger partial charge in [0.25, 0.3) is 11.7 Å². The maximum Gasteiger partial charge on any atom is 0.291 e. The van der Waals surface area contributed by atoms with Crippen LogP contribution < -0.4 is 5.32 Å². The van der Waals surface area contributed by atoms with Gasteiger partial charge < -0.3 is 10.2 Å². The zero-order valence-corrected chi connectivity index (χ0v) is 11.9. The van der Waals surface area contributed by atoms with Crippen molar-refractivity contribution >= 4 is 11.7 Å². The zero-order valence-electron chi connectivity index (χ0n) is 11.9. The number of carbonyl (C=O) groups excluding carboxylic acids is 1. The van der Waals surface area contributed by atoms with Crippen LogP contribution in [0.5, 0.6) is 0 Å². The summed E-state index contributed by atoms with van der Waals surface area (Å²) in [5.41, 5.74) is 0. The molecule has 2 aromatic heterocycles. The molecule has 0 aromatic carbocycles. The summed E-state index contributed by atoms with van der Waals surface area (Å²) < 4.78 is 1.52. The molecule has 7 heteroatoms. The number of nitrogens with one attached hydrogen (secondary N) is 1. The largest absolute Gasteiger partial charge is 0.346 e. The van der Waals surface area contributed by atoms with Crippen LogP contribution in [0, 0.1) is 0 Å². The van der Waals surface area contributed by atoms with Crippen molar-refractivity contribution in [3.63, 3.8) is 0 Å². The lowest BCUT2D eigenvalue weighted by Crippen LogP contribution is -2.48. The summed E-state index contributed by atoms with van der Waals surface area (Å²) in [5, 5.41) is 7.25. The Morgan fingerprint density at radius 2 is 2.10 bits per heavy atom. The molecule has 0 saturated carbocycles. The van der Waals surface area contributed by atoms with E-state index in [1.807, 2.05) is 0 Å². The topological polar surface area (TPSA) is 75.4 Å². The van der Waals surface area contributed by atoms with Gasteiger partial charge in [0, 0.05) is 30.5 Å². The van der Waals surface area contributed by atoms with E-state index in [0.29, 0.717) is 17.9 Å². The number of fused-ring (bicyclic) bond motifs is 3. The lowest BCUT2D eigenvalue weighted by atomic mass is 9.98. The second-order valence-corrected chi connectivity index (χ2v) is 5.99. The molecule has 2 aliphatic rings. The average molecular weight is 286 g/mol. The summed E-state index contributed by atoms with van der Waals surface area (Å²) in [6, 6.07) is 3.19. The smallest absolute Gasteiger partial charge is 0.291 e. The molecule has 0 radical (unpaired) electrons. The minimum absolute atomic E-state index is 0.194. The van der Waals surface area contributed by atoms with Gasteiger partial charge in [-0.25, -0.2) is 9.50 Å². The Morgan fingerprint density at radius 1 is 1.33 bits per heavy atom. The first kappa shape index (κ1) is 12.7. The molecule has 2 atom stereocenters. The Labute approximate surface area is 122 Å². The van der Waals surface area contributed by atoms with Gasteiger partial charge in [-0.1, -0.05) is 0 Å². The third-order valence-corrected chi connectivity index (χ3v) is 4.75. The molecule has 1 N–H and O–H groups in total. The van der Waals surface area contributed by atoms with Crippen LogP contribution in [-0.2, 0) is 0 Å². The minimum atomic E-state index is -0.200. The SMILES string of the molecule is CN1C2CCC1CC(NC(=O)c1nc3ncccn3n1)C2. The lowest BCUT2D eigenvalue weighted by Gasteiger charge is -2.36. The molecule has 2 aromatic rings. The van der Waals surface area contributed by atoms with Crippen molar-refractivity contribution in [2.75, 3.05) is 7.05 Å². The molecule has 110 valence electrons. The Hall–Kier alpha value is -2.02. The summed E-state index contributed by atoms with van der Waals surface area (Å²) in [4.78, 5) is 23.0. The predicted molar refractivity (Wildman–Crippen MR) is 75.8 cm³/mol. The molecule has 0 spiro atoms. The van der Waals surface area contributed by atoms with Crippen LogP contribution in [0.15, 0.2) is 18.5 Å². The normalized spacial score (nSPS) is 28.9. The van der Waals surface area contributed by atoms with Crippen LogP contribution in [0.4, 0.5) is 0 Å². The van der Waals surface area contributed by atoms with Gasteiger partial charge in [-0.05, 0) is 38.8 Å². The van der Waals surface area contributed by atoms with Crippen LogP contribution in [0.1, 0.15) is 36.3 Å². The molecular weight excluding hydrogens is 268 g/mol. The molecule has 2 unspecified atom stereocenters. The monoisotopic (exact) mass is 286 g/mol. The number of hydrogen-bond acceptors (Lipinski definition) is 5. The molecule has 1 amide bonds. The highest BCUT2D eigenvalue weighted by Crippen LogP contribution is 2.34. The van der Waals surface area contributed by atoms with E-state index in [2.05, 4.69) is 32.3 Å². The van der Waals surface area contributed by atoms with Gasteiger partial charge in [-0.3, -0.25) is 4.79 Å². The number of aromatic nitrogens is 4. The van der Waals surface area contributed by atoms with Crippen molar-refractivity contribution in [3.05, 3.63) is 24.3 Å². The number of hydrogen-bond donors (Lipinski definition) is 1. The average Bonchev–Trinajstić information content (AvgIpc) is 2.98. The van der Waals surface area contributed by atoms with E-state index in [9.17, 15) is 4.79 Å². The highest BCUT2D eigenvalue weighted by atomic mass is 16.2. The van der Waals surface area contributed by atoms with Gasteiger partial charge in [0.05, 0.1) is 0 Å². The Morgan fingerprint density at radius 3 is 2.81 bits per heavy atom. The fraction of sp³-hybridized carbons (Fsp3) is 0.571.